The summed E-state index contributed by atoms with van der Waals surface area (Å²) in [4.78, 5) is 11.3. The number of aromatic nitrogens is 2. The minimum Gasteiger partial charge on any atom is -0.356 e. The first-order chi connectivity index (χ1) is 14.5. The van der Waals surface area contributed by atoms with Gasteiger partial charge in [0, 0.05) is 30.5 Å². The van der Waals surface area contributed by atoms with Crippen molar-refractivity contribution in [2.24, 2.45) is 0 Å². The summed E-state index contributed by atoms with van der Waals surface area (Å²) in [6, 6.07) is 18.2. The average Bonchev–Trinajstić information content (AvgIpc) is 3.24. The molecule has 0 unspecified atom stereocenters. The highest BCUT2D eigenvalue weighted by molar-refractivity contribution is 7.91. The van der Waals surface area contributed by atoms with Crippen molar-refractivity contribution in [3.05, 3.63) is 72.1 Å². The molecule has 1 saturated heterocycles. The van der Waals surface area contributed by atoms with Crippen molar-refractivity contribution in [1.82, 2.24) is 9.97 Å². The van der Waals surface area contributed by atoms with Crippen molar-refractivity contribution < 1.29 is 8.42 Å². The maximum absolute atomic E-state index is 12.4. The van der Waals surface area contributed by atoms with Crippen molar-refractivity contribution in [2.45, 2.75) is 25.5 Å². The summed E-state index contributed by atoms with van der Waals surface area (Å²) in [5, 5.41) is 3.28. The van der Waals surface area contributed by atoms with Gasteiger partial charge in [0.15, 0.2) is 0 Å². The summed E-state index contributed by atoms with van der Waals surface area (Å²) < 4.78 is 27.4. The lowest BCUT2D eigenvalue weighted by Crippen LogP contribution is -2.19. The second-order valence-electron chi connectivity index (χ2n) is 7.40. The zero-order valence-corrected chi connectivity index (χ0v) is 17.7. The molecule has 156 valence electrons. The van der Waals surface area contributed by atoms with Gasteiger partial charge >= 0.3 is 0 Å². The van der Waals surface area contributed by atoms with Crippen LogP contribution in [-0.4, -0.2) is 31.5 Å². The van der Waals surface area contributed by atoms with Crippen LogP contribution in [0.1, 0.15) is 24.2 Å². The lowest BCUT2D eigenvalue weighted by Gasteiger charge is -2.18. The molecular weight excluding hydrogens is 398 g/mol. The van der Waals surface area contributed by atoms with E-state index in [1.165, 1.54) is 12.8 Å². The monoisotopic (exact) mass is 423 g/mol. The standard InChI is InChI=1S/C22H25N5O2S/c1-17-23-21(15-22(24-17)27-13-5-6-14-27)25-19-9-11-20(12-10-19)26-30(28,29)16-18-7-3-2-4-8-18/h2-4,7-12,15,26H,5-6,13-14,16H2,1H3,(H,23,24,25). The molecule has 0 radical (unpaired) electrons. The predicted octanol–water partition coefficient (Wildman–Crippen LogP) is 4.07. The molecule has 7 nitrogen and oxygen atoms in total. The van der Waals surface area contributed by atoms with Crippen LogP contribution in [-0.2, 0) is 15.8 Å². The smallest absolute Gasteiger partial charge is 0.236 e. The Morgan fingerprint density at radius 1 is 0.933 bits per heavy atom. The average molecular weight is 424 g/mol. The quantitative estimate of drug-likeness (QED) is 0.596. The molecule has 8 heteroatoms. The molecule has 2 N–H and O–H groups in total. The topological polar surface area (TPSA) is 87.2 Å². The Hall–Kier alpha value is -3.13. The Labute approximate surface area is 177 Å². The van der Waals surface area contributed by atoms with Crippen LogP contribution < -0.4 is 14.9 Å². The van der Waals surface area contributed by atoms with E-state index < -0.39 is 10.0 Å². The van der Waals surface area contributed by atoms with E-state index in [9.17, 15) is 8.42 Å². The molecule has 4 rings (SSSR count). The lowest BCUT2D eigenvalue weighted by atomic mass is 10.2. The molecular formula is C22H25N5O2S. The Bertz CT molecular complexity index is 1100. The van der Waals surface area contributed by atoms with Crippen LogP contribution in [0.15, 0.2) is 60.7 Å². The van der Waals surface area contributed by atoms with Gasteiger partial charge in [-0.2, -0.15) is 0 Å². The van der Waals surface area contributed by atoms with Crippen LogP contribution in [0, 0.1) is 6.92 Å². The van der Waals surface area contributed by atoms with Gasteiger partial charge in [0.25, 0.3) is 0 Å². The second-order valence-corrected chi connectivity index (χ2v) is 9.12. The maximum Gasteiger partial charge on any atom is 0.236 e. The van der Waals surface area contributed by atoms with Crippen molar-refractivity contribution in [2.75, 3.05) is 28.0 Å². The van der Waals surface area contributed by atoms with Crippen molar-refractivity contribution >= 4 is 33.0 Å². The summed E-state index contributed by atoms with van der Waals surface area (Å²) in [6.07, 6.45) is 2.38. The first-order valence-electron chi connectivity index (χ1n) is 9.99. The number of hydrogen-bond acceptors (Lipinski definition) is 6. The van der Waals surface area contributed by atoms with E-state index in [4.69, 9.17) is 0 Å². The van der Waals surface area contributed by atoms with Crippen molar-refractivity contribution in [3.8, 4) is 0 Å². The highest BCUT2D eigenvalue weighted by Crippen LogP contribution is 2.24. The van der Waals surface area contributed by atoms with E-state index in [1.807, 2.05) is 43.3 Å². The molecule has 0 atom stereocenters. The van der Waals surface area contributed by atoms with Gasteiger partial charge in [0.1, 0.15) is 17.5 Å². The molecule has 0 bridgehead atoms. The molecule has 0 saturated carbocycles. The van der Waals surface area contributed by atoms with E-state index in [1.54, 1.807) is 24.3 Å². The van der Waals surface area contributed by atoms with Gasteiger partial charge in [-0.25, -0.2) is 18.4 Å². The minimum absolute atomic E-state index is 0.0622. The predicted molar refractivity (Wildman–Crippen MR) is 121 cm³/mol. The number of rotatable bonds is 7. The van der Waals surface area contributed by atoms with Crippen molar-refractivity contribution in [3.63, 3.8) is 0 Å². The van der Waals surface area contributed by atoms with E-state index in [-0.39, 0.29) is 5.75 Å². The summed E-state index contributed by atoms with van der Waals surface area (Å²) in [5.41, 5.74) is 2.09. The number of sulfonamides is 1. The van der Waals surface area contributed by atoms with E-state index >= 15 is 0 Å². The second kappa shape index (κ2) is 8.71. The van der Waals surface area contributed by atoms with Gasteiger partial charge in [-0.15, -0.1) is 0 Å². The van der Waals surface area contributed by atoms with E-state index in [0.29, 0.717) is 11.5 Å². The van der Waals surface area contributed by atoms with E-state index in [2.05, 4.69) is 24.9 Å². The third-order valence-electron chi connectivity index (χ3n) is 4.88. The molecule has 0 aliphatic carbocycles. The summed E-state index contributed by atoms with van der Waals surface area (Å²) >= 11 is 0. The Kier molecular flexibility index (Phi) is 5.85. The Morgan fingerprint density at radius 3 is 2.30 bits per heavy atom. The highest BCUT2D eigenvalue weighted by atomic mass is 32.2. The lowest BCUT2D eigenvalue weighted by molar-refractivity contribution is 0.600. The van der Waals surface area contributed by atoms with Crippen LogP contribution >= 0.6 is 0 Å². The van der Waals surface area contributed by atoms with Gasteiger partial charge in [0.05, 0.1) is 5.75 Å². The van der Waals surface area contributed by atoms with Gasteiger partial charge in [-0.1, -0.05) is 30.3 Å². The van der Waals surface area contributed by atoms with Crippen LogP contribution in [0.25, 0.3) is 0 Å². The number of anilines is 4. The molecule has 30 heavy (non-hydrogen) atoms. The number of nitrogens with zero attached hydrogens (tertiary/aromatic N) is 3. The number of aryl methyl sites for hydroxylation is 1. The normalized spacial score (nSPS) is 14.0. The summed E-state index contributed by atoms with van der Waals surface area (Å²) in [6.45, 7) is 3.93. The third-order valence-corrected chi connectivity index (χ3v) is 6.14. The fourth-order valence-electron chi connectivity index (χ4n) is 3.50. The fourth-order valence-corrected chi connectivity index (χ4v) is 4.70. The Balaban J connectivity index is 1.42. The first-order valence-corrected chi connectivity index (χ1v) is 11.6. The van der Waals surface area contributed by atoms with Gasteiger partial charge in [-0.05, 0) is 49.6 Å². The molecule has 2 heterocycles. The highest BCUT2D eigenvalue weighted by Gasteiger charge is 2.15. The molecule has 1 aromatic heterocycles. The summed E-state index contributed by atoms with van der Waals surface area (Å²) in [7, 11) is -3.48. The minimum atomic E-state index is -3.48. The molecule has 2 aromatic carbocycles. The molecule has 1 aliphatic heterocycles. The molecule has 1 fully saturated rings. The van der Waals surface area contributed by atoms with E-state index in [0.717, 1.165) is 36.0 Å². The SMILES string of the molecule is Cc1nc(Nc2ccc(NS(=O)(=O)Cc3ccccc3)cc2)cc(N2CCCC2)n1. The van der Waals surface area contributed by atoms with Crippen LogP contribution in [0.3, 0.4) is 0 Å². The first kappa shape index (κ1) is 20.2. The van der Waals surface area contributed by atoms with Crippen LogP contribution in [0.2, 0.25) is 0 Å². The zero-order valence-electron chi connectivity index (χ0n) is 16.9. The largest absolute Gasteiger partial charge is 0.356 e. The number of nitrogens with one attached hydrogen (secondary N) is 2. The molecule has 1 aliphatic rings. The molecule has 3 aromatic rings. The number of hydrogen-bond donors (Lipinski definition) is 2. The molecule has 0 amide bonds. The summed E-state index contributed by atoms with van der Waals surface area (Å²) in [5.74, 6) is 2.31. The van der Waals surface area contributed by atoms with Gasteiger partial charge in [0.2, 0.25) is 10.0 Å². The maximum atomic E-state index is 12.4. The third kappa shape index (κ3) is 5.27. The molecule has 0 spiro atoms. The van der Waals surface area contributed by atoms with Crippen molar-refractivity contribution in [1.29, 1.82) is 0 Å². The van der Waals surface area contributed by atoms with Crippen LogP contribution in [0.4, 0.5) is 23.0 Å². The number of benzene rings is 2. The van der Waals surface area contributed by atoms with Gasteiger partial charge < -0.3 is 10.2 Å². The van der Waals surface area contributed by atoms with Gasteiger partial charge in [-0.3, -0.25) is 4.72 Å². The van der Waals surface area contributed by atoms with Crippen LogP contribution in [0.5, 0.6) is 0 Å². The fraction of sp³-hybridized carbons (Fsp3) is 0.273. The zero-order chi connectivity index (χ0) is 21.0. The Morgan fingerprint density at radius 2 is 1.60 bits per heavy atom.